The van der Waals surface area contributed by atoms with Crippen LogP contribution in [0.1, 0.15) is 222 Å². The van der Waals surface area contributed by atoms with Gasteiger partial charge < -0.3 is 66.6 Å². The van der Waals surface area contributed by atoms with Crippen LogP contribution in [0.4, 0.5) is 26.3 Å². The SMILES string of the molecule is CC(NC(=O)C12CCC(NC(=O)COc3ccc(Cl)c(F)c3)(CC1)CC2C)c1cccnc1.CC1CC2(NC(=O)COc3ccc(Cl)c(F)c3)CCC1(C(=O)NCc1ccc(C(C)(C)C)cc1)CC2.CC1CC2(NC(=O)COc3ccc(Cl)c(F)c3)CCC1(C(=O)NCc1ccccn1)CC2.Cc1cc(OCC(=O)NC23CCC(C(=O)NCCc4ccc(C(F)(F)F)cc4)(CC2)C(O)C3)ccc1Cl. The zero-order chi connectivity index (χ0) is 99.4. The first-order chi connectivity index (χ1) is 65.4. The van der Waals surface area contributed by atoms with Gasteiger partial charge in [0.25, 0.3) is 23.6 Å². The molecule has 0 saturated heterocycles. The van der Waals surface area contributed by atoms with Crippen LogP contribution in [0.2, 0.25) is 20.1 Å². The van der Waals surface area contributed by atoms with Gasteiger partial charge in [-0.05, 0) is 285 Å². The van der Waals surface area contributed by atoms with Crippen LogP contribution in [0.15, 0.2) is 170 Å². The van der Waals surface area contributed by atoms with Crippen molar-refractivity contribution in [3.8, 4) is 23.0 Å². The van der Waals surface area contributed by atoms with Crippen LogP contribution in [0.3, 0.4) is 0 Å². The first-order valence-electron chi connectivity index (χ1n) is 47.2. The minimum absolute atomic E-state index is 0.00596. The molecule has 5 atom stereocenters. The van der Waals surface area contributed by atoms with E-state index in [1.807, 2.05) is 44.2 Å². The molecule has 138 heavy (non-hydrogen) atoms. The molecule has 6 aromatic carbocycles. The van der Waals surface area contributed by atoms with Crippen LogP contribution in [-0.4, -0.2) is 124 Å². The second kappa shape index (κ2) is 44.0. The second-order valence-corrected chi connectivity index (χ2v) is 41.7. The number of nitrogens with zero attached hydrogens (tertiary/aromatic N) is 2. The number of fused-ring (bicyclic) bond motifs is 12. The molecular weight excluding hydrogens is 1870 g/mol. The molecule has 0 spiro atoms. The van der Waals surface area contributed by atoms with Gasteiger partial charge >= 0.3 is 6.18 Å². The highest BCUT2D eigenvalue weighted by molar-refractivity contribution is 6.32. The maximum absolute atomic E-state index is 13.6. The first kappa shape index (κ1) is 105. The van der Waals surface area contributed by atoms with E-state index in [1.165, 1.54) is 60.2 Å². The van der Waals surface area contributed by atoms with Gasteiger partial charge in [0.15, 0.2) is 26.4 Å². The van der Waals surface area contributed by atoms with Crippen LogP contribution in [0, 0.1) is 63.8 Å². The van der Waals surface area contributed by atoms with Crippen molar-refractivity contribution >= 4 is 93.7 Å². The highest BCUT2D eigenvalue weighted by atomic mass is 35.5. The van der Waals surface area contributed by atoms with E-state index in [9.17, 15) is 69.8 Å². The quantitative estimate of drug-likeness (QED) is 0.0197. The molecule has 2 heterocycles. The van der Waals surface area contributed by atoms with Crippen molar-refractivity contribution in [1.29, 1.82) is 0 Å². The highest BCUT2D eigenvalue weighted by Crippen LogP contribution is 2.59. The van der Waals surface area contributed by atoms with Crippen molar-refractivity contribution in [2.45, 2.75) is 249 Å². The number of hydrogen-bond acceptors (Lipinski definition) is 15. The summed E-state index contributed by atoms with van der Waals surface area (Å²) in [6, 6.07) is 40.1. The normalized spacial score (nSPS) is 25.9. The number of benzene rings is 6. The molecule has 8 aromatic rings. The number of aromatic nitrogens is 2. The molecule has 9 N–H and O–H groups in total. The summed E-state index contributed by atoms with van der Waals surface area (Å²) >= 11 is 23.1. The molecule has 0 radical (unpaired) electrons. The van der Waals surface area contributed by atoms with Crippen molar-refractivity contribution in [3.05, 3.63) is 247 Å². The molecule has 8 bridgehead atoms. The summed E-state index contributed by atoms with van der Waals surface area (Å²) in [5.41, 5.74) is 1.37. The third kappa shape index (κ3) is 25.2. The number of ether oxygens (including phenoxy) is 4. The molecule has 740 valence electrons. The monoisotopic (exact) mass is 1980 g/mol. The molecule has 23 nitrogen and oxygen atoms in total. The van der Waals surface area contributed by atoms with E-state index in [0.29, 0.717) is 61.5 Å². The Labute approximate surface area is 821 Å². The summed E-state index contributed by atoms with van der Waals surface area (Å²) in [7, 11) is 0. The van der Waals surface area contributed by atoms with Gasteiger partial charge in [0, 0.05) is 77.1 Å². The van der Waals surface area contributed by atoms with Crippen LogP contribution in [0.5, 0.6) is 23.0 Å². The Morgan fingerprint density at radius 3 is 1.18 bits per heavy atom. The predicted octanol–water partition coefficient (Wildman–Crippen LogP) is 19.1. The van der Waals surface area contributed by atoms with E-state index in [4.69, 9.17) is 65.4 Å². The lowest BCUT2D eigenvalue weighted by molar-refractivity contribution is -0.156. The Balaban J connectivity index is 0.000000156. The standard InChI is InChI=1S/C29H36ClFN2O3.C27H30ClF3N2O4.C25H29ClFN3O3.C24H27ClFN3O3/c1-19-16-28(33-25(34)18-36-22-9-10-23(30)24(31)15-22)11-13-29(19,14-12-28)26(35)32-17-20-5-7-21(8-6-20)27(2,3)4;1-17-14-20(6-7-21(17)28)37-16-23(35)33-25-9-11-26(12-10-25,22(34)15-25)24(36)32-13-8-18-2-4-19(5-3-18)27(29,30)31;1-16-13-24(30-22(31)15-33-19-5-6-20(26)21(27)12-19)7-9-25(16,10-8-24)23(32)29-17(2)18-4-3-11-28-14-18;1-16-13-23(29-21(30)15-32-18-5-6-19(25)20(26)12-18)7-9-24(16,10-8-23)22(31)28-14-17-4-2-3-11-27-17/h5-10,15,19H,11-14,16-18H2,1-4H3,(H,32,35)(H,33,34);2-7,14,22,34H,8-13,15-16H2,1H3,(H,32,36)(H,33,35);3-6,11-12,14,16-17H,7-10,13,15H2,1-2H3,(H,29,32)(H,30,31);2-6,11-12,16H,7-10,13-15H2,1H3,(H,28,31)(H,29,30). The number of amides is 8. The molecule has 8 amide bonds. The molecule has 20 rings (SSSR count). The van der Waals surface area contributed by atoms with Crippen molar-refractivity contribution in [2.24, 2.45) is 39.4 Å². The zero-order valence-corrected chi connectivity index (χ0v) is 81.9. The fourth-order valence-electron chi connectivity index (χ4n) is 21.7. The molecule has 12 aliphatic carbocycles. The van der Waals surface area contributed by atoms with E-state index in [-0.39, 0.29) is 165 Å². The van der Waals surface area contributed by atoms with E-state index in [0.717, 1.165) is 143 Å². The van der Waals surface area contributed by atoms with Gasteiger partial charge in [-0.2, -0.15) is 13.2 Å². The summed E-state index contributed by atoms with van der Waals surface area (Å²) in [4.78, 5) is 112. The molecule has 12 saturated carbocycles. The molecule has 5 unspecified atom stereocenters. The molecular formula is C105H122Cl4F6N10O13. The number of alkyl halides is 3. The average molecular weight is 1990 g/mol. The van der Waals surface area contributed by atoms with Crippen molar-refractivity contribution in [1.82, 2.24) is 52.5 Å². The third-order valence-electron chi connectivity index (χ3n) is 30.2. The number of hydrogen-bond donors (Lipinski definition) is 9. The van der Waals surface area contributed by atoms with Gasteiger partial charge in [-0.3, -0.25) is 48.3 Å². The lowest BCUT2D eigenvalue weighted by Crippen LogP contribution is -2.65. The Hall–Kier alpha value is -10.7. The summed E-state index contributed by atoms with van der Waals surface area (Å²) in [6.07, 6.45) is 13.6. The number of aryl methyl sites for hydroxylation is 1. The minimum atomic E-state index is -4.39. The van der Waals surface area contributed by atoms with Crippen LogP contribution in [0.25, 0.3) is 0 Å². The summed E-state index contributed by atoms with van der Waals surface area (Å²) in [5, 5.41) is 36.3. The molecule has 12 aliphatic rings. The molecule has 33 heteroatoms. The Kier molecular flexibility index (Phi) is 33.3. The number of aliphatic hydroxyl groups is 1. The average Bonchev–Trinajstić information content (AvgIpc) is 0.767. The first-order valence-corrected chi connectivity index (χ1v) is 48.7. The minimum Gasteiger partial charge on any atom is -0.484 e. The van der Waals surface area contributed by atoms with E-state index >= 15 is 0 Å². The predicted molar refractivity (Wildman–Crippen MR) is 513 cm³/mol. The molecule has 0 aliphatic heterocycles. The summed E-state index contributed by atoms with van der Waals surface area (Å²) in [5.74, 6) is -1.06. The maximum Gasteiger partial charge on any atom is 0.416 e. The lowest BCUT2D eigenvalue weighted by atomic mass is 9.52. The van der Waals surface area contributed by atoms with Crippen LogP contribution >= 0.6 is 46.4 Å². The molecule has 12 fully saturated rings. The Morgan fingerprint density at radius 2 is 0.812 bits per heavy atom. The number of carbonyl (C=O) groups excluding carboxylic acids is 8. The number of halogens is 10. The summed E-state index contributed by atoms with van der Waals surface area (Å²) < 4.78 is 101. The summed E-state index contributed by atoms with van der Waals surface area (Å²) in [6.45, 7) is 17.1. The smallest absolute Gasteiger partial charge is 0.416 e. The van der Waals surface area contributed by atoms with Crippen LogP contribution < -0.4 is 61.5 Å². The number of carbonyl (C=O) groups is 8. The number of nitrogens with one attached hydrogen (secondary N) is 8. The molecule has 2 aromatic heterocycles. The third-order valence-corrected chi connectivity index (χ3v) is 31.5. The van der Waals surface area contributed by atoms with Gasteiger partial charge in [0.2, 0.25) is 23.6 Å². The zero-order valence-electron chi connectivity index (χ0n) is 78.9. The van der Waals surface area contributed by atoms with Gasteiger partial charge in [-0.15, -0.1) is 0 Å². The van der Waals surface area contributed by atoms with Crippen LogP contribution in [-0.2, 0) is 69.5 Å². The maximum atomic E-state index is 13.6. The van der Waals surface area contributed by atoms with Gasteiger partial charge in [-0.1, -0.05) is 136 Å². The number of rotatable bonds is 29. The highest BCUT2D eigenvalue weighted by Gasteiger charge is 2.61. The second-order valence-electron chi connectivity index (χ2n) is 40.1. The largest absolute Gasteiger partial charge is 0.484 e. The van der Waals surface area contributed by atoms with Crippen molar-refractivity contribution in [2.75, 3.05) is 33.0 Å². The van der Waals surface area contributed by atoms with Crippen molar-refractivity contribution in [3.63, 3.8) is 0 Å². The fourth-order valence-corrected chi connectivity index (χ4v) is 22.2. The van der Waals surface area contributed by atoms with E-state index < -0.39 is 62.5 Å². The van der Waals surface area contributed by atoms with Crippen molar-refractivity contribution < 1.29 is 88.8 Å². The van der Waals surface area contributed by atoms with Gasteiger partial charge in [0.1, 0.15) is 40.4 Å². The Bertz CT molecular complexity index is 5650. The number of pyridine rings is 2. The van der Waals surface area contributed by atoms with E-state index in [2.05, 4.69) is 118 Å². The van der Waals surface area contributed by atoms with E-state index in [1.54, 1.807) is 36.8 Å². The number of aliphatic hydroxyl groups excluding tert-OH is 1. The lowest BCUT2D eigenvalue weighted by Gasteiger charge is -2.56. The fraction of sp³-hybridized carbons (Fsp3) is 0.486. The van der Waals surface area contributed by atoms with Gasteiger partial charge in [-0.25, -0.2) is 13.2 Å². The topological polar surface area (TPSA) is 316 Å². The Morgan fingerprint density at radius 1 is 0.435 bits per heavy atom. The van der Waals surface area contributed by atoms with Gasteiger partial charge in [0.05, 0.1) is 66.7 Å².